The van der Waals surface area contributed by atoms with Crippen molar-refractivity contribution in [2.75, 3.05) is 7.11 Å². The van der Waals surface area contributed by atoms with Gasteiger partial charge in [-0.15, -0.1) is 0 Å². The average molecular weight is 490 g/mol. The van der Waals surface area contributed by atoms with Crippen molar-refractivity contribution in [2.45, 2.75) is 26.2 Å². The van der Waals surface area contributed by atoms with Crippen molar-refractivity contribution in [3.63, 3.8) is 0 Å². The van der Waals surface area contributed by atoms with Crippen molar-refractivity contribution >= 4 is 19.0 Å². The molecule has 0 aliphatic rings. The third-order valence-corrected chi connectivity index (χ3v) is 5.12. The van der Waals surface area contributed by atoms with Crippen LogP contribution in [0.3, 0.4) is 0 Å². The molecule has 164 valence electrons. The van der Waals surface area contributed by atoms with Gasteiger partial charge in [0.2, 0.25) is 0 Å². The Morgan fingerprint density at radius 1 is 0.781 bits per heavy atom. The largest absolute Gasteiger partial charge is 0 e. The van der Waals surface area contributed by atoms with Crippen molar-refractivity contribution in [3.05, 3.63) is 81.0 Å². The molecule has 1 heterocycles. The summed E-state index contributed by atoms with van der Waals surface area (Å²) in [6.07, 6.45) is 0. The molecule has 0 aliphatic heterocycles. The average Bonchev–Trinajstić information content (AvgIpc) is 3.31. The molecule has 0 N–H and O–H groups in total. The minimum Gasteiger partial charge on any atom is 0 e. The van der Waals surface area contributed by atoms with Crippen molar-refractivity contribution < 1.29 is 49.8 Å². The Morgan fingerprint density at radius 3 is 1.66 bits per heavy atom. The van der Waals surface area contributed by atoms with Crippen LogP contribution in [0.25, 0.3) is 21.8 Å². The van der Waals surface area contributed by atoms with Gasteiger partial charge in [0.15, 0.2) is 5.49 Å². The van der Waals surface area contributed by atoms with E-state index in [1.54, 1.807) is 7.11 Å². The van der Waals surface area contributed by atoms with Crippen LogP contribution in [0.1, 0.15) is 26.1 Å². The number of rotatable bonds is 2. The zero-order valence-corrected chi connectivity index (χ0v) is 19.9. The number of hydrogen-bond donors (Lipinski definition) is 0. The van der Waals surface area contributed by atoms with Crippen LogP contribution in [-0.4, -0.2) is 7.11 Å². The molecule has 0 fully saturated rings. The summed E-state index contributed by atoms with van der Waals surface area (Å²) >= 11 is 0. The van der Waals surface area contributed by atoms with Crippen molar-refractivity contribution in [2.24, 2.45) is 0 Å². The molecule has 1 aromatic heterocycles. The second-order valence-electron chi connectivity index (χ2n) is 6.17. The van der Waals surface area contributed by atoms with Gasteiger partial charge in [0, 0.05) is 22.9 Å². The van der Waals surface area contributed by atoms with Gasteiger partial charge >= 0.3 is 56.5 Å². The Labute approximate surface area is 200 Å². The summed E-state index contributed by atoms with van der Waals surface area (Å²) < 4.78 is 48.9. The number of hydrogen-bond acceptors (Lipinski definition) is 2. The van der Waals surface area contributed by atoms with E-state index < -0.39 is 0 Å². The number of benzene rings is 2. The van der Waals surface area contributed by atoms with E-state index in [0.717, 1.165) is 19.2 Å². The van der Waals surface area contributed by atoms with Crippen LogP contribution in [0, 0.1) is 33.3 Å². The zero-order valence-electron chi connectivity index (χ0n) is 17.8. The summed E-state index contributed by atoms with van der Waals surface area (Å²) in [5.74, 6) is 0.646. The topological polar surface area (TPSA) is 122 Å². The van der Waals surface area contributed by atoms with Crippen LogP contribution in [-0.2, 0) is 46.0 Å². The number of fused-ring (bicyclic) bond motifs is 1. The van der Waals surface area contributed by atoms with Crippen LogP contribution in [0.2, 0.25) is 0 Å². The van der Waals surface area contributed by atoms with E-state index >= 15 is 0 Å². The van der Waals surface area contributed by atoms with Crippen molar-refractivity contribution in [3.8, 4) is 17.0 Å². The Bertz CT molecular complexity index is 974. The normalized spacial score (nSPS) is 8.31. The molecule has 0 bridgehead atoms. The van der Waals surface area contributed by atoms with E-state index in [-0.39, 0.29) is 22.8 Å². The summed E-state index contributed by atoms with van der Waals surface area (Å²) in [6, 6.07) is 14.8. The first-order chi connectivity index (χ1) is 15.0. The van der Waals surface area contributed by atoms with Gasteiger partial charge in [-0.3, -0.25) is 0 Å². The van der Waals surface area contributed by atoms with E-state index in [0.29, 0.717) is 5.95 Å². The number of methoxy groups -OCH3 is 1. The second-order valence-corrected chi connectivity index (χ2v) is 7.25. The zero-order chi connectivity index (χ0) is 25.0. The standard InChI is InChI=1S/C18H19O2P.5CO.Cr/c1-18(2,3)15-16(19-4)20-17(21-15)14-10-9-12-7-5-6-8-13(12)11-14;5*1-2;/h5-11H,1-4H3;;;;;;. The van der Waals surface area contributed by atoms with Crippen molar-refractivity contribution in [1.29, 1.82) is 0 Å². The molecule has 0 unspecified atom stereocenters. The van der Waals surface area contributed by atoms with Crippen LogP contribution < -0.4 is 4.74 Å². The third-order valence-electron chi connectivity index (χ3n) is 3.49. The SMILES string of the molecule is COc1oc(-c2ccc3ccccc3c2)pc1C(C)(C)C.[C-]#[O+].[C-]#[O+].[C-]#[O+].[C-]#[O+].[C-]#[O+].[Cr]. The number of ether oxygens (including phenoxy) is 1. The van der Waals surface area contributed by atoms with E-state index in [9.17, 15) is 0 Å². The summed E-state index contributed by atoms with van der Waals surface area (Å²) in [7, 11) is 2.76. The maximum atomic E-state index is 7.50. The van der Waals surface area contributed by atoms with Gasteiger partial charge in [-0.1, -0.05) is 57.2 Å². The van der Waals surface area contributed by atoms with Crippen LogP contribution in [0.5, 0.6) is 5.95 Å². The molecule has 0 radical (unpaired) electrons. The van der Waals surface area contributed by atoms with Crippen molar-refractivity contribution in [1.82, 2.24) is 0 Å². The predicted octanol–water partition coefficient (Wildman–Crippen LogP) is 5.80. The molecule has 7 nitrogen and oxygen atoms in total. The minimum atomic E-state index is 0. The fourth-order valence-electron chi connectivity index (χ4n) is 2.36. The molecule has 3 aromatic rings. The molecule has 0 amide bonds. The van der Waals surface area contributed by atoms with E-state index in [1.165, 1.54) is 16.1 Å². The van der Waals surface area contributed by atoms with Gasteiger partial charge in [-0.2, -0.15) is 0 Å². The second kappa shape index (κ2) is 21.7. The summed E-state index contributed by atoms with van der Waals surface area (Å²) in [5, 5.41) is 3.66. The predicted molar refractivity (Wildman–Crippen MR) is 109 cm³/mol. The summed E-state index contributed by atoms with van der Waals surface area (Å²) in [5.41, 5.74) is 2.09. The molecule has 3 rings (SSSR count). The maximum Gasteiger partial charge on any atom is 0 e. The van der Waals surface area contributed by atoms with E-state index in [1.807, 2.05) is 0 Å². The van der Waals surface area contributed by atoms with Gasteiger partial charge in [-0.25, -0.2) is 0 Å². The van der Waals surface area contributed by atoms with Crippen LogP contribution >= 0.6 is 8.19 Å². The molecule has 0 aliphatic carbocycles. The Kier molecular flexibility index (Phi) is 24.9. The third kappa shape index (κ3) is 11.2. The van der Waals surface area contributed by atoms with Gasteiger partial charge in [0.25, 0.3) is 5.95 Å². The Hall–Kier alpha value is -2.56. The molecule has 2 aromatic carbocycles. The monoisotopic (exact) mass is 490 g/mol. The van der Waals surface area contributed by atoms with Gasteiger partial charge in [-0.05, 0) is 30.4 Å². The first kappa shape index (κ1) is 36.8. The fourth-order valence-corrected chi connectivity index (χ4v) is 3.53. The summed E-state index contributed by atoms with van der Waals surface area (Å²) in [6.45, 7) is 29.0. The first-order valence-electron chi connectivity index (χ1n) is 8.05. The van der Waals surface area contributed by atoms with Gasteiger partial charge in [0.05, 0.1) is 12.4 Å². The quantitative estimate of drug-likeness (QED) is 0.333. The smallest absolute Gasteiger partial charge is 0 e. The van der Waals surface area contributed by atoms with Gasteiger partial charge < -0.3 is 9.15 Å². The summed E-state index contributed by atoms with van der Waals surface area (Å²) in [4.78, 5) is 0. The van der Waals surface area contributed by atoms with Gasteiger partial charge in [0.1, 0.15) is 0 Å². The molecule has 0 saturated carbocycles. The van der Waals surface area contributed by atoms with Crippen LogP contribution in [0.15, 0.2) is 46.9 Å². The Balaban J connectivity index is -0.000000316. The Morgan fingerprint density at radius 2 is 1.25 bits per heavy atom. The van der Waals surface area contributed by atoms with E-state index in [2.05, 4.69) is 96.5 Å². The van der Waals surface area contributed by atoms with E-state index in [4.69, 9.17) is 32.4 Å². The molecule has 0 saturated heterocycles. The maximum absolute atomic E-state index is 7.50. The molecular weight excluding hydrogens is 471 g/mol. The molecule has 0 atom stereocenters. The molecule has 0 spiro atoms. The fraction of sp³-hybridized carbons (Fsp3) is 0.217. The minimum absolute atomic E-state index is 0. The molecule has 32 heavy (non-hydrogen) atoms. The molecular formula is C23H19CrO7P. The first-order valence-corrected chi connectivity index (χ1v) is 8.95. The van der Waals surface area contributed by atoms with Crippen LogP contribution in [0.4, 0.5) is 0 Å². The molecule has 9 heteroatoms.